The Morgan fingerprint density at radius 2 is 1.89 bits per heavy atom. The molecule has 0 aromatic carbocycles. The highest BCUT2D eigenvalue weighted by Gasteiger charge is 2.40. The molecule has 1 aliphatic carbocycles. The van der Waals surface area contributed by atoms with E-state index in [2.05, 4.69) is 48.6 Å². The molecule has 4 heterocycles. The molecule has 3 aromatic heterocycles. The van der Waals surface area contributed by atoms with Gasteiger partial charge in [0.15, 0.2) is 14.1 Å². The highest BCUT2D eigenvalue weighted by molar-refractivity contribution is 6.74. The molecule has 2 fully saturated rings. The van der Waals surface area contributed by atoms with Gasteiger partial charge in [-0.2, -0.15) is 10.2 Å². The van der Waals surface area contributed by atoms with Crippen molar-refractivity contribution in [1.29, 1.82) is 0 Å². The molecule has 5 rings (SSSR count). The zero-order valence-electron chi connectivity index (χ0n) is 23.1. The van der Waals surface area contributed by atoms with Gasteiger partial charge < -0.3 is 13.9 Å². The van der Waals surface area contributed by atoms with Crippen molar-refractivity contribution in [3.05, 3.63) is 29.8 Å². The minimum Gasteiger partial charge on any atom is -0.414 e. The monoisotopic (exact) mass is 545 g/mol. The van der Waals surface area contributed by atoms with Crippen molar-refractivity contribution >= 4 is 30.8 Å². The van der Waals surface area contributed by atoms with Crippen molar-refractivity contribution in [2.75, 3.05) is 6.61 Å². The number of ether oxygens (including phenoxy) is 2. The minimum atomic E-state index is -1.78. The van der Waals surface area contributed by atoms with Crippen molar-refractivity contribution < 1.29 is 13.9 Å². The molecule has 2 aliphatic rings. The maximum absolute atomic E-state index is 6.73. The van der Waals surface area contributed by atoms with Crippen LogP contribution < -0.4 is 0 Å². The second-order valence-electron chi connectivity index (χ2n) is 12.5. The third kappa shape index (κ3) is 5.66. The predicted octanol–water partition coefficient (Wildman–Crippen LogP) is 6.61. The van der Waals surface area contributed by atoms with Crippen LogP contribution in [0, 0.1) is 0 Å². The summed E-state index contributed by atoms with van der Waals surface area (Å²) in [6, 6.07) is 2.23. The lowest BCUT2D eigenvalue weighted by atomic mass is 9.93. The quantitative estimate of drug-likeness (QED) is 0.256. The van der Waals surface area contributed by atoms with E-state index in [-0.39, 0.29) is 11.1 Å². The van der Waals surface area contributed by atoms with E-state index in [0.717, 1.165) is 47.8 Å². The smallest absolute Gasteiger partial charge is 0.192 e. The Morgan fingerprint density at radius 3 is 2.54 bits per heavy atom. The van der Waals surface area contributed by atoms with Crippen LogP contribution in [0.25, 0.3) is 22.2 Å². The molecule has 10 heteroatoms. The highest BCUT2D eigenvalue weighted by Crippen LogP contribution is 2.41. The molecule has 1 aliphatic heterocycles. The second-order valence-corrected chi connectivity index (χ2v) is 17.7. The van der Waals surface area contributed by atoms with Crippen LogP contribution in [0.1, 0.15) is 66.3 Å². The summed E-state index contributed by atoms with van der Waals surface area (Å²) in [6.07, 6.45) is 10.2. The number of nitrogens with zero attached hydrogens (tertiary/aromatic N) is 5. The number of aromatic nitrogens is 5. The molecule has 0 radical (unpaired) electrons. The Bertz CT molecular complexity index is 1260. The molecule has 1 saturated carbocycles. The summed E-state index contributed by atoms with van der Waals surface area (Å²) in [6.45, 7) is 16.7. The van der Waals surface area contributed by atoms with Crippen LogP contribution in [0.2, 0.25) is 23.3 Å². The summed E-state index contributed by atoms with van der Waals surface area (Å²) in [5.74, 6) is -0.546. The van der Waals surface area contributed by atoms with Crippen molar-refractivity contribution in [3.8, 4) is 11.3 Å². The normalized spacial score (nSPS) is 24.7. The van der Waals surface area contributed by atoms with Crippen molar-refractivity contribution in [1.82, 2.24) is 24.5 Å². The van der Waals surface area contributed by atoms with E-state index in [9.17, 15) is 0 Å². The third-order valence-corrected chi connectivity index (χ3v) is 12.9. The van der Waals surface area contributed by atoms with Gasteiger partial charge in [0, 0.05) is 35.5 Å². The topological polar surface area (TPSA) is 76.2 Å². The molecule has 0 unspecified atom stereocenters. The van der Waals surface area contributed by atoms with Crippen molar-refractivity contribution in [2.24, 2.45) is 0 Å². The number of pyridine rings is 1. The Morgan fingerprint density at radius 1 is 1.16 bits per heavy atom. The Labute approximate surface area is 225 Å². The summed E-state index contributed by atoms with van der Waals surface area (Å²) in [5, 5.41) is 11.4. The van der Waals surface area contributed by atoms with E-state index in [4.69, 9.17) is 30.6 Å². The van der Waals surface area contributed by atoms with E-state index in [1.54, 1.807) is 0 Å². The molecule has 0 spiro atoms. The van der Waals surface area contributed by atoms with Crippen LogP contribution >= 0.6 is 11.6 Å². The van der Waals surface area contributed by atoms with Gasteiger partial charge in [-0.3, -0.25) is 9.36 Å². The van der Waals surface area contributed by atoms with Gasteiger partial charge in [0.25, 0.3) is 0 Å². The average Bonchev–Trinajstić information content (AvgIpc) is 3.50. The predicted molar refractivity (Wildman–Crippen MR) is 148 cm³/mol. The molecular weight excluding hydrogens is 506 g/mol. The zero-order valence-corrected chi connectivity index (χ0v) is 24.9. The molecule has 202 valence electrons. The molecule has 3 aromatic rings. The summed E-state index contributed by atoms with van der Waals surface area (Å²) < 4.78 is 22.4. The lowest BCUT2D eigenvalue weighted by Crippen LogP contribution is -2.44. The first-order valence-corrected chi connectivity index (χ1v) is 16.7. The number of fused-ring (bicyclic) bond motifs is 1. The number of rotatable bonds is 6. The lowest BCUT2D eigenvalue weighted by Gasteiger charge is -2.41. The first kappa shape index (κ1) is 26.8. The maximum Gasteiger partial charge on any atom is 0.192 e. The average molecular weight is 546 g/mol. The molecule has 1 atom stereocenters. The van der Waals surface area contributed by atoms with Crippen LogP contribution in [0.5, 0.6) is 0 Å². The lowest BCUT2D eigenvalue weighted by molar-refractivity contribution is -0.139. The van der Waals surface area contributed by atoms with Crippen LogP contribution in [-0.4, -0.2) is 57.5 Å². The van der Waals surface area contributed by atoms with Gasteiger partial charge >= 0.3 is 0 Å². The molecule has 1 saturated heterocycles. The van der Waals surface area contributed by atoms with Crippen LogP contribution in [0.3, 0.4) is 0 Å². The SMILES string of the molecule is CC1(C)OC[C@H](Cn2cc(-c3nn(C4CCC(O[Si](C)(C)C(C)(C)C)CC4)c4cc(Cl)ncc34)cn2)O1. The fourth-order valence-electron chi connectivity index (χ4n) is 5.15. The molecule has 0 amide bonds. The molecular formula is C27H40ClN5O3Si. The Kier molecular flexibility index (Phi) is 7.07. The van der Waals surface area contributed by atoms with Crippen molar-refractivity contribution in [2.45, 2.75) is 109 Å². The van der Waals surface area contributed by atoms with Gasteiger partial charge in [-0.25, -0.2) is 4.98 Å². The Hall–Kier alpha value is -1.78. The molecule has 0 N–H and O–H groups in total. The first-order valence-electron chi connectivity index (χ1n) is 13.4. The van der Waals surface area contributed by atoms with E-state index >= 15 is 0 Å². The number of hydrogen-bond acceptors (Lipinski definition) is 6. The fraction of sp³-hybridized carbons (Fsp3) is 0.667. The standard InChI is InChI=1S/C27H40ClN5O3Si/c1-26(2,3)37(6,7)36-20-10-8-19(9-11-20)33-23-12-24(28)29-14-22(23)25(31-33)18-13-30-32(15-18)16-21-17-34-27(4,5)35-21/h12-15,19-21H,8-11,16-17H2,1-7H3/t19?,20?,21-/m0/s1. The van der Waals surface area contributed by atoms with Crippen molar-refractivity contribution in [3.63, 3.8) is 0 Å². The summed E-state index contributed by atoms with van der Waals surface area (Å²) in [4.78, 5) is 4.37. The Balaban J connectivity index is 1.35. The highest BCUT2D eigenvalue weighted by atomic mass is 35.5. The second kappa shape index (κ2) is 9.75. The summed E-state index contributed by atoms with van der Waals surface area (Å²) in [7, 11) is -1.78. The number of halogens is 1. The number of hydrogen-bond donors (Lipinski definition) is 0. The summed E-state index contributed by atoms with van der Waals surface area (Å²) in [5.41, 5.74) is 2.86. The maximum atomic E-state index is 6.73. The van der Waals surface area contributed by atoms with Gasteiger partial charge in [0.1, 0.15) is 17.0 Å². The minimum absolute atomic E-state index is 0.0266. The molecule has 0 bridgehead atoms. The summed E-state index contributed by atoms with van der Waals surface area (Å²) >= 11 is 6.34. The largest absolute Gasteiger partial charge is 0.414 e. The third-order valence-electron chi connectivity index (χ3n) is 8.18. The van der Waals surface area contributed by atoms with Gasteiger partial charge in [-0.1, -0.05) is 32.4 Å². The van der Waals surface area contributed by atoms with E-state index in [0.29, 0.717) is 30.5 Å². The van der Waals surface area contributed by atoms with E-state index < -0.39 is 14.1 Å². The van der Waals surface area contributed by atoms with Gasteiger partial charge in [-0.05, 0) is 57.7 Å². The van der Waals surface area contributed by atoms with Gasteiger partial charge in [-0.15, -0.1) is 0 Å². The fourth-order valence-corrected chi connectivity index (χ4v) is 6.72. The van der Waals surface area contributed by atoms with Crippen LogP contribution in [0.15, 0.2) is 24.7 Å². The van der Waals surface area contributed by atoms with Crippen LogP contribution in [-0.2, 0) is 20.4 Å². The molecule has 37 heavy (non-hydrogen) atoms. The molecule has 8 nitrogen and oxygen atoms in total. The first-order chi connectivity index (χ1) is 17.3. The van der Waals surface area contributed by atoms with Gasteiger partial charge in [0.2, 0.25) is 0 Å². The van der Waals surface area contributed by atoms with E-state index in [1.165, 1.54) is 0 Å². The van der Waals surface area contributed by atoms with Crippen LogP contribution in [0.4, 0.5) is 0 Å². The van der Waals surface area contributed by atoms with Gasteiger partial charge in [0.05, 0.1) is 30.9 Å². The van der Waals surface area contributed by atoms with E-state index in [1.807, 2.05) is 43.2 Å². The zero-order chi connectivity index (χ0) is 26.6.